The topological polar surface area (TPSA) is 29.4 Å². The molecule has 0 aromatic heterocycles. The minimum absolute atomic E-state index is 0.0279. The smallest absolute Gasteiger partial charge is 0.166 e. The van der Waals surface area contributed by atoms with Crippen molar-refractivity contribution >= 4 is 0 Å². The molecule has 0 spiro atoms. The van der Waals surface area contributed by atoms with Gasteiger partial charge in [0.2, 0.25) is 0 Å². The summed E-state index contributed by atoms with van der Waals surface area (Å²) in [6.45, 7) is 1.49. The van der Waals surface area contributed by atoms with Gasteiger partial charge in [-0.3, -0.25) is 0 Å². The number of hydrogen-bond donors (Lipinski definition) is 0. The van der Waals surface area contributed by atoms with Crippen molar-refractivity contribution in [1.82, 2.24) is 0 Å². The standard InChI is InChI=1S/C12H12F3NO/c1-7(16-17)9-4-5-10(8-2-3-8)11(6-9)12(13,14)15/h4-8H,2-3H2,1H3. The summed E-state index contributed by atoms with van der Waals surface area (Å²) >= 11 is 0. The van der Waals surface area contributed by atoms with Gasteiger partial charge in [-0.2, -0.15) is 18.1 Å². The molecule has 92 valence electrons. The first kappa shape index (κ1) is 12.1. The van der Waals surface area contributed by atoms with Crippen LogP contribution < -0.4 is 0 Å². The quantitative estimate of drug-likeness (QED) is 0.723. The highest BCUT2D eigenvalue weighted by atomic mass is 19.4. The second-order valence-electron chi connectivity index (χ2n) is 4.40. The van der Waals surface area contributed by atoms with Crippen LogP contribution in [-0.4, -0.2) is 0 Å². The molecular formula is C12H12F3NO. The summed E-state index contributed by atoms with van der Waals surface area (Å²) in [6.07, 6.45) is -2.75. The second kappa shape index (κ2) is 4.13. The minimum Gasteiger partial charge on any atom is -0.166 e. The Hall–Kier alpha value is -1.39. The van der Waals surface area contributed by atoms with Gasteiger partial charge in [-0.25, -0.2) is 0 Å². The van der Waals surface area contributed by atoms with E-state index in [2.05, 4.69) is 5.18 Å². The van der Waals surface area contributed by atoms with E-state index in [1.54, 1.807) is 6.07 Å². The molecule has 1 unspecified atom stereocenters. The normalized spacial score (nSPS) is 17.9. The molecule has 0 aliphatic heterocycles. The summed E-state index contributed by atoms with van der Waals surface area (Å²) in [4.78, 5) is 10.4. The molecule has 0 saturated heterocycles. The zero-order valence-electron chi connectivity index (χ0n) is 9.29. The molecule has 1 saturated carbocycles. The molecule has 1 aliphatic carbocycles. The Labute approximate surface area is 96.8 Å². The Kier molecular flexibility index (Phi) is 2.93. The van der Waals surface area contributed by atoms with Gasteiger partial charge in [0.1, 0.15) is 6.04 Å². The Balaban J connectivity index is 2.46. The maximum atomic E-state index is 12.9. The first-order valence-electron chi connectivity index (χ1n) is 5.47. The van der Waals surface area contributed by atoms with E-state index in [0.29, 0.717) is 11.1 Å². The molecule has 5 heteroatoms. The first-order chi connectivity index (χ1) is 7.93. The van der Waals surface area contributed by atoms with Gasteiger partial charge in [0.15, 0.2) is 0 Å². The van der Waals surface area contributed by atoms with Crippen LogP contribution in [0.15, 0.2) is 23.4 Å². The van der Waals surface area contributed by atoms with E-state index >= 15 is 0 Å². The van der Waals surface area contributed by atoms with E-state index in [0.717, 1.165) is 18.9 Å². The lowest BCUT2D eigenvalue weighted by Gasteiger charge is -2.14. The highest BCUT2D eigenvalue weighted by molar-refractivity contribution is 5.39. The minimum atomic E-state index is -4.36. The maximum Gasteiger partial charge on any atom is 0.416 e. The van der Waals surface area contributed by atoms with Crippen molar-refractivity contribution in [3.05, 3.63) is 39.8 Å². The van der Waals surface area contributed by atoms with Crippen molar-refractivity contribution in [3.8, 4) is 0 Å². The summed E-state index contributed by atoms with van der Waals surface area (Å²) in [5.74, 6) is 0.0279. The van der Waals surface area contributed by atoms with Gasteiger partial charge in [-0.1, -0.05) is 17.3 Å². The monoisotopic (exact) mass is 243 g/mol. The first-order valence-corrected chi connectivity index (χ1v) is 5.47. The summed E-state index contributed by atoms with van der Waals surface area (Å²) in [6, 6.07) is 3.36. The zero-order chi connectivity index (χ0) is 12.6. The fraction of sp³-hybridized carbons (Fsp3) is 0.500. The fourth-order valence-corrected chi connectivity index (χ4v) is 1.89. The summed E-state index contributed by atoms with van der Waals surface area (Å²) in [5.41, 5.74) is 0.0454. The van der Waals surface area contributed by atoms with Gasteiger partial charge in [-0.05, 0) is 42.9 Å². The molecule has 0 heterocycles. The third-order valence-corrected chi connectivity index (χ3v) is 3.04. The lowest BCUT2D eigenvalue weighted by Crippen LogP contribution is -2.10. The molecule has 0 N–H and O–H groups in total. The Morgan fingerprint density at radius 1 is 1.35 bits per heavy atom. The largest absolute Gasteiger partial charge is 0.416 e. The highest BCUT2D eigenvalue weighted by Crippen LogP contribution is 2.46. The molecule has 0 radical (unpaired) electrons. The molecule has 0 amide bonds. The molecule has 0 bridgehead atoms. The van der Waals surface area contributed by atoms with E-state index in [4.69, 9.17) is 0 Å². The number of alkyl halides is 3. The SMILES string of the molecule is CC(N=O)c1ccc(C2CC2)c(C(F)(F)F)c1. The van der Waals surface area contributed by atoms with Crippen molar-refractivity contribution in [1.29, 1.82) is 0 Å². The number of benzene rings is 1. The van der Waals surface area contributed by atoms with Crippen LogP contribution in [0, 0.1) is 4.91 Å². The van der Waals surface area contributed by atoms with Crippen LogP contribution in [0.1, 0.15) is 48.4 Å². The predicted octanol–water partition coefficient (Wildman–Crippen LogP) is 4.41. The lowest BCUT2D eigenvalue weighted by atomic mass is 9.97. The predicted molar refractivity (Wildman–Crippen MR) is 57.6 cm³/mol. The second-order valence-corrected chi connectivity index (χ2v) is 4.40. The number of nitrogens with zero attached hydrogens (tertiary/aromatic N) is 1. The average molecular weight is 243 g/mol. The van der Waals surface area contributed by atoms with E-state index in [1.165, 1.54) is 13.0 Å². The van der Waals surface area contributed by atoms with Gasteiger partial charge >= 0.3 is 6.18 Å². The molecule has 1 atom stereocenters. The van der Waals surface area contributed by atoms with Crippen LogP contribution in [0.2, 0.25) is 0 Å². The Bertz CT molecular complexity index is 438. The molecule has 17 heavy (non-hydrogen) atoms. The van der Waals surface area contributed by atoms with Crippen molar-refractivity contribution in [2.75, 3.05) is 0 Å². The number of halogens is 3. The highest BCUT2D eigenvalue weighted by Gasteiger charge is 2.38. The summed E-state index contributed by atoms with van der Waals surface area (Å²) < 4.78 is 38.6. The van der Waals surface area contributed by atoms with Gasteiger partial charge in [0, 0.05) is 0 Å². The summed E-state index contributed by atoms with van der Waals surface area (Å²) in [7, 11) is 0. The van der Waals surface area contributed by atoms with Crippen LogP contribution in [0.25, 0.3) is 0 Å². The van der Waals surface area contributed by atoms with Crippen LogP contribution >= 0.6 is 0 Å². The molecule has 1 aliphatic rings. The average Bonchev–Trinajstić information content (AvgIpc) is 3.10. The number of nitroso groups, excluding NO2 is 1. The van der Waals surface area contributed by atoms with Gasteiger partial charge in [0.05, 0.1) is 5.56 Å². The van der Waals surface area contributed by atoms with E-state index in [9.17, 15) is 18.1 Å². The van der Waals surface area contributed by atoms with Crippen molar-refractivity contribution in [2.24, 2.45) is 5.18 Å². The molecule has 1 fully saturated rings. The maximum absolute atomic E-state index is 12.9. The van der Waals surface area contributed by atoms with E-state index in [1.807, 2.05) is 0 Å². The van der Waals surface area contributed by atoms with Crippen LogP contribution in [0.3, 0.4) is 0 Å². The van der Waals surface area contributed by atoms with E-state index in [-0.39, 0.29) is 5.92 Å². The molecule has 1 aromatic carbocycles. The summed E-state index contributed by atoms with van der Waals surface area (Å²) in [5, 5.41) is 2.75. The third-order valence-electron chi connectivity index (χ3n) is 3.04. The van der Waals surface area contributed by atoms with Crippen LogP contribution in [-0.2, 0) is 6.18 Å². The van der Waals surface area contributed by atoms with Crippen LogP contribution in [0.4, 0.5) is 13.2 Å². The molecular weight excluding hydrogens is 231 g/mol. The molecule has 2 rings (SSSR count). The molecule has 2 nitrogen and oxygen atoms in total. The number of rotatable bonds is 3. The third kappa shape index (κ3) is 2.48. The lowest BCUT2D eigenvalue weighted by molar-refractivity contribution is -0.138. The van der Waals surface area contributed by atoms with Gasteiger partial charge in [0.25, 0.3) is 0 Å². The van der Waals surface area contributed by atoms with Crippen molar-refractivity contribution in [3.63, 3.8) is 0 Å². The fourth-order valence-electron chi connectivity index (χ4n) is 1.89. The van der Waals surface area contributed by atoms with Gasteiger partial charge < -0.3 is 0 Å². The van der Waals surface area contributed by atoms with E-state index < -0.39 is 17.8 Å². The van der Waals surface area contributed by atoms with Crippen molar-refractivity contribution in [2.45, 2.75) is 37.9 Å². The molecule has 1 aromatic rings. The van der Waals surface area contributed by atoms with Gasteiger partial charge in [-0.15, -0.1) is 0 Å². The van der Waals surface area contributed by atoms with Crippen LogP contribution in [0.5, 0.6) is 0 Å². The zero-order valence-corrected chi connectivity index (χ0v) is 9.29. The number of hydrogen-bond acceptors (Lipinski definition) is 2. The Morgan fingerprint density at radius 2 is 2.00 bits per heavy atom. The van der Waals surface area contributed by atoms with Crippen molar-refractivity contribution < 1.29 is 13.2 Å². The Morgan fingerprint density at radius 3 is 2.47 bits per heavy atom.